The lowest BCUT2D eigenvalue weighted by Gasteiger charge is -2.10. The van der Waals surface area contributed by atoms with Gasteiger partial charge in [0.25, 0.3) is 0 Å². The molecule has 2 aromatic carbocycles. The Kier molecular flexibility index (Phi) is 3.19. The Labute approximate surface area is 100 Å². The smallest absolute Gasteiger partial charge is 0.138 e. The van der Waals surface area contributed by atoms with Crippen LogP contribution < -0.4 is 9.47 Å². The molecule has 0 bridgehead atoms. The molecule has 17 heavy (non-hydrogen) atoms. The van der Waals surface area contributed by atoms with Crippen molar-refractivity contribution in [3.8, 4) is 28.4 Å². The molecule has 0 aromatic heterocycles. The standard InChI is InChI=1S/C14H13O3/c1-16-12-6-7-13(14(9-12)17-2)10-4-3-5-11(15)8-10/h3-8,15H,1-2H3. The Morgan fingerprint density at radius 2 is 1.88 bits per heavy atom. The van der Waals surface area contributed by atoms with Crippen LogP contribution in [-0.4, -0.2) is 19.3 Å². The Hall–Kier alpha value is -2.16. The molecule has 0 saturated heterocycles. The van der Waals surface area contributed by atoms with Crippen LogP contribution in [0.15, 0.2) is 36.4 Å². The second-order valence-electron chi connectivity index (χ2n) is 3.52. The molecule has 0 unspecified atom stereocenters. The van der Waals surface area contributed by atoms with Gasteiger partial charge in [0.15, 0.2) is 0 Å². The first-order valence-corrected chi connectivity index (χ1v) is 5.18. The van der Waals surface area contributed by atoms with Gasteiger partial charge in [-0.25, -0.2) is 0 Å². The van der Waals surface area contributed by atoms with E-state index in [2.05, 4.69) is 6.07 Å². The molecule has 3 nitrogen and oxygen atoms in total. The van der Waals surface area contributed by atoms with Crippen LogP contribution in [0.2, 0.25) is 0 Å². The zero-order valence-electron chi connectivity index (χ0n) is 9.73. The quantitative estimate of drug-likeness (QED) is 0.879. The van der Waals surface area contributed by atoms with Crippen LogP contribution in [0, 0.1) is 6.07 Å². The van der Waals surface area contributed by atoms with Crippen LogP contribution >= 0.6 is 0 Å². The third kappa shape index (κ3) is 2.33. The van der Waals surface area contributed by atoms with Crippen LogP contribution in [0.3, 0.4) is 0 Å². The molecule has 1 radical (unpaired) electrons. The van der Waals surface area contributed by atoms with E-state index < -0.39 is 0 Å². The van der Waals surface area contributed by atoms with Crippen molar-refractivity contribution in [3.63, 3.8) is 0 Å². The van der Waals surface area contributed by atoms with E-state index in [0.29, 0.717) is 11.5 Å². The highest BCUT2D eigenvalue weighted by Crippen LogP contribution is 2.33. The van der Waals surface area contributed by atoms with Gasteiger partial charge in [0.2, 0.25) is 0 Å². The largest absolute Gasteiger partial charge is 0.508 e. The van der Waals surface area contributed by atoms with Crippen LogP contribution in [0.1, 0.15) is 0 Å². The second-order valence-corrected chi connectivity index (χ2v) is 3.52. The first-order chi connectivity index (χ1) is 8.24. The van der Waals surface area contributed by atoms with Crippen molar-refractivity contribution in [2.24, 2.45) is 0 Å². The summed E-state index contributed by atoms with van der Waals surface area (Å²) in [4.78, 5) is 0. The van der Waals surface area contributed by atoms with Crippen molar-refractivity contribution in [3.05, 3.63) is 42.5 Å². The molecule has 3 heteroatoms. The van der Waals surface area contributed by atoms with Crippen LogP contribution in [-0.2, 0) is 0 Å². The van der Waals surface area contributed by atoms with E-state index in [-0.39, 0.29) is 5.75 Å². The van der Waals surface area contributed by atoms with Gasteiger partial charge in [-0.05, 0) is 29.8 Å². The number of aromatic hydroxyl groups is 1. The molecular weight excluding hydrogens is 216 g/mol. The van der Waals surface area contributed by atoms with E-state index >= 15 is 0 Å². The molecule has 2 rings (SSSR count). The molecule has 1 N–H and O–H groups in total. The van der Waals surface area contributed by atoms with Gasteiger partial charge < -0.3 is 14.6 Å². The van der Waals surface area contributed by atoms with Crippen molar-refractivity contribution < 1.29 is 14.6 Å². The summed E-state index contributed by atoms with van der Waals surface area (Å²) in [7, 11) is 3.16. The van der Waals surface area contributed by atoms with E-state index in [1.54, 1.807) is 32.4 Å². The monoisotopic (exact) mass is 229 g/mol. The number of benzene rings is 2. The molecule has 0 atom stereocenters. The highest BCUT2D eigenvalue weighted by molar-refractivity contribution is 5.72. The average molecular weight is 229 g/mol. The average Bonchev–Trinajstić information content (AvgIpc) is 2.38. The van der Waals surface area contributed by atoms with Gasteiger partial charge in [0, 0.05) is 5.56 Å². The summed E-state index contributed by atoms with van der Waals surface area (Å²) in [5.41, 5.74) is 1.74. The fraction of sp³-hybridized carbons (Fsp3) is 0.143. The van der Waals surface area contributed by atoms with Gasteiger partial charge in [0.1, 0.15) is 17.2 Å². The summed E-state index contributed by atoms with van der Waals surface area (Å²) < 4.78 is 10.4. The van der Waals surface area contributed by atoms with Gasteiger partial charge >= 0.3 is 0 Å². The predicted molar refractivity (Wildman–Crippen MR) is 65.5 cm³/mol. The molecule has 0 amide bonds. The Bertz CT molecular complexity index is 521. The van der Waals surface area contributed by atoms with Crippen molar-refractivity contribution >= 4 is 0 Å². The number of methoxy groups -OCH3 is 2. The van der Waals surface area contributed by atoms with E-state index in [1.165, 1.54) is 0 Å². The maximum atomic E-state index is 9.46. The molecule has 2 aromatic rings. The van der Waals surface area contributed by atoms with E-state index in [4.69, 9.17) is 9.47 Å². The third-order valence-electron chi connectivity index (χ3n) is 2.46. The summed E-state index contributed by atoms with van der Waals surface area (Å²) >= 11 is 0. The van der Waals surface area contributed by atoms with Crippen molar-refractivity contribution in [2.75, 3.05) is 14.2 Å². The lowest BCUT2D eigenvalue weighted by molar-refractivity contribution is 0.393. The lowest BCUT2D eigenvalue weighted by Crippen LogP contribution is -1.90. The maximum absolute atomic E-state index is 9.46. The minimum atomic E-state index is 0.223. The molecule has 0 spiro atoms. The van der Waals surface area contributed by atoms with E-state index in [9.17, 15) is 5.11 Å². The Balaban J connectivity index is 2.51. The molecule has 0 fully saturated rings. The van der Waals surface area contributed by atoms with Gasteiger partial charge in [0.05, 0.1) is 20.3 Å². The molecule has 0 saturated carbocycles. The number of phenols is 1. The minimum absolute atomic E-state index is 0.223. The summed E-state index contributed by atoms with van der Waals surface area (Å²) in [6.07, 6.45) is 0. The van der Waals surface area contributed by atoms with Crippen LogP contribution in [0.4, 0.5) is 0 Å². The number of hydrogen-bond donors (Lipinski definition) is 1. The zero-order chi connectivity index (χ0) is 12.3. The number of phenolic OH excluding ortho intramolecular Hbond substituents is 1. The SMILES string of the molecule is COc1[c]c(OC)c(-c2cccc(O)c2)cc1. The minimum Gasteiger partial charge on any atom is -0.508 e. The fourth-order valence-electron chi connectivity index (χ4n) is 1.64. The highest BCUT2D eigenvalue weighted by atomic mass is 16.5. The van der Waals surface area contributed by atoms with E-state index in [0.717, 1.165) is 11.1 Å². The normalized spacial score (nSPS) is 10.0. The number of ether oxygens (including phenoxy) is 2. The first kappa shape index (κ1) is 11.3. The van der Waals surface area contributed by atoms with Gasteiger partial charge in [-0.15, -0.1) is 0 Å². The van der Waals surface area contributed by atoms with Gasteiger partial charge in [-0.1, -0.05) is 12.1 Å². The van der Waals surface area contributed by atoms with Crippen LogP contribution in [0.25, 0.3) is 11.1 Å². The summed E-state index contributed by atoms with van der Waals surface area (Å²) in [5, 5.41) is 9.46. The molecule has 87 valence electrons. The second kappa shape index (κ2) is 4.78. The Morgan fingerprint density at radius 3 is 2.53 bits per heavy atom. The highest BCUT2D eigenvalue weighted by Gasteiger charge is 2.08. The number of hydrogen-bond acceptors (Lipinski definition) is 3. The maximum Gasteiger partial charge on any atom is 0.138 e. The van der Waals surface area contributed by atoms with E-state index in [1.807, 2.05) is 18.2 Å². The van der Waals surface area contributed by atoms with Crippen molar-refractivity contribution in [1.29, 1.82) is 0 Å². The molecule has 0 aliphatic heterocycles. The number of rotatable bonds is 3. The lowest BCUT2D eigenvalue weighted by atomic mass is 10.0. The zero-order valence-corrected chi connectivity index (χ0v) is 9.73. The summed E-state index contributed by atoms with van der Waals surface area (Å²) in [6, 6.07) is 13.7. The fourth-order valence-corrected chi connectivity index (χ4v) is 1.64. The summed E-state index contributed by atoms with van der Waals surface area (Å²) in [5.74, 6) is 1.43. The van der Waals surface area contributed by atoms with Crippen LogP contribution in [0.5, 0.6) is 17.2 Å². The first-order valence-electron chi connectivity index (χ1n) is 5.18. The summed E-state index contributed by atoms with van der Waals surface area (Å²) in [6.45, 7) is 0. The van der Waals surface area contributed by atoms with Crippen molar-refractivity contribution in [1.82, 2.24) is 0 Å². The Morgan fingerprint density at radius 1 is 1.06 bits per heavy atom. The van der Waals surface area contributed by atoms with Gasteiger partial charge in [-0.2, -0.15) is 0 Å². The molecular formula is C14H13O3. The molecule has 0 aliphatic carbocycles. The molecule has 0 aliphatic rings. The third-order valence-corrected chi connectivity index (χ3v) is 2.46. The topological polar surface area (TPSA) is 38.7 Å². The predicted octanol–water partition coefficient (Wildman–Crippen LogP) is 2.88. The van der Waals surface area contributed by atoms with Crippen molar-refractivity contribution in [2.45, 2.75) is 0 Å². The molecule has 0 heterocycles. The van der Waals surface area contributed by atoms with Gasteiger partial charge in [-0.3, -0.25) is 0 Å².